The third-order valence-electron chi connectivity index (χ3n) is 9.63. The lowest BCUT2D eigenvalue weighted by molar-refractivity contribution is -0.365. The molecular weight excluding hydrogens is 455 g/mol. The summed E-state index contributed by atoms with van der Waals surface area (Å²) < 4.78 is 39.7. The minimum atomic E-state index is -1.54. The summed E-state index contributed by atoms with van der Waals surface area (Å²) in [5.74, 6) is -3.42. The van der Waals surface area contributed by atoms with E-state index < -0.39 is 40.5 Å². The largest absolute Gasteiger partial charge is 0.460 e. The van der Waals surface area contributed by atoms with Crippen molar-refractivity contribution in [2.24, 2.45) is 28.6 Å². The standard InChI is InChI=1S/C27H35FO7/c1-5-32-26(4)33-14-20(30)23-21(35-22(31)15-34-26)13-19-18-7-6-16-12-17(29)8-9-25(16,3)27(18,28)11-10-24(19,23)2/h8-9,12,18-19,21,23H,5-7,10-11,13-15H2,1-4H3/t18-,19-,21+,23-,24-,25-,26?,27+/m0/s1. The summed E-state index contributed by atoms with van der Waals surface area (Å²) in [5, 5.41) is 0. The molecule has 1 aliphatic heterocycles. The van der Waals surface area contributed by atoms with Crippen LogP contribution in [0.4, 0.5) is 4.39 Å². The second-order valence-corrected chi connectivity index (χ2v) is 11.3. The van der Waals surface area contributed by atoms with Crippen LogP contribution < -0.4 is 0 Å². The van der Waals surface area contributed by atoms with Gasteiger partial charge in [0.25, 0.3) is 5.97 Å². The van der Waals surface area contributed by atoms with E-state index in [-0.39, 0.29) is 49.6 Å². The average molecular weight is 491 g/mol. The fourth-order valence-electron chi connectivity index (χ4n) is 7.84. The Balaban J connectivity index is 1.48. The van der Waals surface area contributed by atoms with E-state index in [1.807, 2.05) is 13.8 Å². The lowest BCUT2D eigenvalue weighted by Gasteiger charge is -2.60. The number of esters is 1. The maximum Gasteiger partial charge on any atom is 0.332 e. The Bertz CT molecular complexity index is 1010. The monoisotopic (exact) mass is 490 g/mol. The third-order valence-corrected chi connectivity index (χ3v) is 9.63. The van der Waals surface area contributed by atoms with Crippen LogP contribution in [0, 0.1) is 28.6 Å². The number of fused-ring (bicyclic) bond motifs is 7. The Morgan fingerprint density at radius 1 is 1.09 bits per heavy atom. The van der Waals surface area contributed by atoms with Gasteiger partial charge in [-0.15, -0.1) is 0 Å². The van der Waals surface area contributed by atoms with E-state index in [4.69, 9.17) is 18.9 Å². The van der Waals surface area contributed by atoms with Crippen LogP contribution in [0.5, 0.6) is 0 Å². The van der Waals surface area contributed by atoms with Gasteiger partial charge in [0.15, 0.2) is 18.2 Å². The van der Waals surface area contributed by atoms with Gasteiger partial charge in [-0.1, -0.05) is 18.6 Å². The molecule has 192 valence electrons. The molecule has 5 aliphatic rings. The number of carbonyl (C=O) groups is 3. The fraction of sp³-hybridized carbons (Fsp3) is 0.741. The summed E-state index contributed by atoms with van der Waals surface area (Å²) in [5.41, 5.74) is -2.06. The Morgan fingerprint density at radius 3 is 2.57 bits per heavy atom. The van der Waals surface area contributed by atoms with Crippen LogP contribution in [-0.4, -0.2) is 55.1 Å². The van der Waals surface area contributed by atoms with Crippen molar-refractivity contribution in [1.29, 1.82) is 0 Å². The van der Waals surface area contributed by atoms with E-state index in [1.54, 1.807) is 19.1 Å². The highest BCUT2D eigenvalue weighted by atomic mass is 19.1. The van der Waals surface area contributed by atoms with Crippen LogP contribution in [-0.2, 0) is 33.3 Å². The van der Waals surface area contributed by atoms with Gasteiger partial charge in [-0.25, -0.2) is 9.18 Å². The van der Waals surface area contributed by atoms with Crippen molar-refractivity contribution < 1.29 is 37.7 Å². The Labute approximate surface area is 205 Å². The van der Waals surface area contributed by atoms with E-state index in [0.29, 0.717) is 25.7 Å². The molecule has 7 nitrogen and oxygen atoms in total. The Hall–Kier alpha value is -1.90. The quantitative estimate of drug-likeness (QED) is 0.543. The molecule has 0 aromatic carbocycles. The van der Waals surface area contributed by atoms with Crippen molar-refractivity contribution in [2.45, 2.75) is 77.5 Å². The van der Waals surface area contributed by atoms with Crippen LogP contribution in [0.3, 0.4) is 0 Å². The first kappa shape index (κ1) is 24.8. The Morgan fingerprint density at radius 2 is 1.83 bits per heavy atom. The van der Waals surface area contributed by atoms with Gasteiger partial charge in [0, 0.05) is 18.9 Å². The van der Waals surface area contributed by atoms with Crippen LogP contribution in [0.25, 0.3) is 0 Å². The topological polar surface area (TPSA) is 88.1 Å². The highest BCUT2D eigenvalue weighted by molar-refractivity contribution is 6.01. The summed E-state index contributed by atoms with van der Waals surface area (Å²) >= 11 is 0. The van der Waals surface area contributed by atoms with Gasteiger partial charge < -0.3 is 18.9 Å². The summed E-state index contributed by atoms with van der Waals surface area (Å²) in [6.07, 6.45) is 6.61. The number of rotatable bonds is 2. The van der Waals surface area contributed by atoms with Gasteiger partial charge >= 0.3 is 5.97 Å². The molecule has 8 heteroatoms. The van der Waals surface area contributed by atoms with Crippen molar-refractivity contribution >= 4 is 17.5 Å². The number of ether oxygens (including phenoxy) is 4. The highest BCUT2D eigenvalue weighted by Gasteiger charge is 2.69. The number of hydrogen-bond acceptors (Lipinski definition) is 7. The maximum absolute atomic E-state index is 17.1. The molecule has 35 heavy (non-hydrogen) atoms. The summed E-state index contributed by atoms with van der Waals surface area (Å²) in [6, 6.07) is 0. The Kier molecular flexibility index (Phi) is 5.89. The van der Waals surface area contributed by atoms with Gasteiger partial charge in [-0.05, 0) is 75.4 Å². The molecule has 4 aliphatic carbocycles. The average Bonchev–Trinajstić information content (AvgIpc) is 3.09. The van der Waals surface area contributed by atoms with Crippen molar-refractivity contribution in [1.82, 2.24) is 0 Å². The molecule has 1 unspecified atom stereocenters. The summed E-state index contributed by atoms with van der Waals surface area (Å²) in [7, 11) is 0. The van der Waals surface area contributed by atoms with Gasteiger partial charge in [-0.3, -0.25) is 9.59 Å². The fourth-order valence-corrected chi connectivity index (χ4v) is 7.84. The first-order valence-electron chi connectivity index (χ1n) is 12.7. The number of alkyl halides is 1. The van der Waals surface area contributed by atoms with Crippen molar-refractivity contribution in [3.8, 4) is 0 Å². The minimum absolute atomic E-state index is 0.0922. The number of allylic oxidation sites excluding steroid dienone is 4. The molecule has 0 aromatic heterocycles. The van der Waals surface area contributed by atoms with Crippen LogP contribution in [0.2, 0.25) is 0 Å². The number of carbonyl (C=O) groups excluding carboxylic acids is 3. The highest BCUT2D eigenvalue weighted by Crippen LogP contribution is 2.69. The van der Waals surface area contributed by atoms with Crippen molar-refractivity contribution in [3.63, 3.8) is 0 Å². The second kappa shape index (κ2) is 8.32. The van der Waals surface area contributed by atoms with Crippen molar-refractivity contribution in [2.75, 3.05) is 19.8 Å². The molecule has 3 saturated carbocycles. The number of ketones is 2. The van der Waals surface area contributed by atoms with Gasteiger partial charge in [0.05, 0.1) is 5.92 Å². The minimum Gasteiger partial charge on any atom is -0.460 e. The zero-order valence-corrected chi connectivity index (χ0v) is 20.9. The number of halogens is 1. The predicted molar refractivity (Wildman–Crippen MR) is 123 cm³/mol. The van der Waals surface area contributed by atoms with E-state index in [9.17, 15) is 14.4 Å². The van der Waals surface area contributed by atoms with Crippen LogP contribution in [0.1, 0.15) is 59.8 Å². The molecule has 0 radical (unpaired) electrons. The smallest absolute Gasteiger partial charge is 0.332 e. The molecule has 4 fully saturated rings. The number of Topliss-reactive ketones (excluding diaryl/α,β-unsaturated/α-hetero) is 1. The molecule has 1 saturated heterocycles. The molecule has 1 heterocycles. The molecule has 5 rings (SSSR count). The zero-order chi connectivity index (χ0) is 25.2. The van der Waals surface area contributed by atoms with Crippen LogP contribution >= 0.6 is 0 Å². The third kappa shape index (κ3) is 3.66. The molecule has 0 amide bonds. The maximum atomic E-state index is 17.1. The van der Waals surface area contributed by atoms with Gasteiger partial charge in [0.2, 0.25) is 0 Å². The van der Waals surface area contributed by atoms with Crippen molar-refractivity contribution in [3.05, 3.63) is 23.8 Å². The predicted octanol–water partition coefficient (Wildman–Crippen LogP) is 3.85. The molecular formula is C27H35FO7. The first-order valence-corrected chi connectivity index (χ1v) is 12.7. The summed E-state index contributed by atoms with van der Waals surface area (Å²) in [6.45, 7) is 6.92. The van der Waals surface area contributed by atoms with E-state index in [2.05, 4.69) is 0 Å². The van der Waals surface area contributed by atoms with Gasteiger partial charge in [-0.2, -0.15) is 0 Å². The van der Waals surface area contributed by atoms with Crippen LogP contribution in [0.15, 0.2) is 23.8 Å². The lowest BCUT2D eigenvalue weighted by atomic mass is 9.46. The molecule has 0 aromatic rings. The van der Waals surface area contributed by atoms with E-state index >= 15 is 4.39 Å². The number of hydrogen-bond donors (Lipinski definition) is 0. The lowest BCUT2D eigenvalue weighted by Crippen LogP contribution is -2.60. The van der Waals surface area contributed by atoms with E-state index in [0.717, 1.165) is 5.57 Å². The molecule has 0 spiro atoms. The second-order valence-electron chi connectivity index (χ2n) is 11.3. The molecule has 0 bridgehead atoms. The first-order chi connectivity index (χ1) is 16.5. The molecule has 0 N–H and O–H groups in total. The SMILES string of the molecule is CCOC1(C)OCC(=O)O[C@@H]2C[C@H]3[C@@H]4CCC5=CC(=O)C=C[C@]5(C)[C@@]4(F)CC[C@]3(C)[C@H]2C(=O)CO1. The van der Waals surface area contributed by atoms with Gasteiger partial charge in [0.1, 0.15) is 18.4 Å². The summed E-state index contributed by atoms with van der Waals surface area (Å²) in [4.78, 5) is 38.2. The van der Waals surface area contributed by atoms with E-state index in [1.165, 1.54) is 13.0 Å². The zero-order valence-electron chi connectivity index (χ0n) is 20.9. The molecule has 8 atom stereocenters. The normalized spacial score (nSPS) is 47.7.